The molecule has 2 aromatic rings. The smallest absolute Gasteiger partial charge is 0.341 e. The van der Waals surface area contributed by atoms with Gasteiger partial charge in [-0.2, -0.15) is 0 Å². The number of aromatic carboxylic acids is 2. The standard InChI is InChI=1S/C7H7NO3.C6H5NO2/c1-4-2-3-5(7(10)11)6(9)8-4;8-6(9)5-2-1-3-7-4-5/h2-3H,1H3,(H,8,9)(H,10,11);1-4H,(H,8,9). The Kier molecular flexibility index (Phi) is 5.16. The van der Waals surface area contributed by atoms with Gasteiger partial charge in [-0.3, -0.25) is 9.78 Å². The number of H-pyrrole nitrogens is 1. The van der Waals surface area contributed by atoms with Crippen LogP contribution in [-0.2, 0) is 0 Å². The van der Waals surface area contributed by atoms with Crippen molar-refractivity contribution < 1.29 is 19.8 Å². The predicted octanol–water partition coefficient (Wildman–Crippen LogP) is 1.16. The molecule has 0 aliphatic rings. The first-order chi connectivity index (χ1) is 9.41. The number of nitrogens with zero attached hydrogens (tertiary/aromatic N) is 1. The van der Waals surface area contributed by atoms with Crippen molar-refractivity contribution >= 4 is 11.9 Å². The molecule has 0 saturated heterocycles. The zero-order valence-corrected chi connectivity index (χ0v) is 10.5. The van der Waals surface area contributed by atoms with Gasteiger partial charge in [-0.25, -0.2) is 9.59 Å². The van der Waals surface area contributed by atoms with E-state index in [1.807, 2.05) is 0 Å². The highest BCUT2D eigenvalue weighted by Crippen LogP contribution is 1.93. The fourth-order valence-corrected chi connectivity index (χ4v) is 1.23. The summed E-state index contributed by atoms with van der Waals surface area (Å²) in [4.78, 5) is 37.3. The van der Waals surface area contributed by atoms with Gasteiger partial charge in [0.25, 0.3) is 5.56 Å². The second kappa shape index (κ2) is 6.83. The second-order valence-corrected chi connectivity index (χ2v) is 3.74. The maximum Gasteiger partial charge on any atom is 0.341 e. The number of aromatic nitrogens is 2. The molecule has 0 aromatic carbocycles. The molecule has 2 heterocycles. The summed E-state index contributed by atoms with van der Waals surface area (Å²) >= 11 is 0. The van der Waals surface area contributed by atoms with Crippen LogP contribution < -0.4 is 5.56 Å². The van der Waals surface area contributed by atoms with Gasteiger partial charge in [-0.05, 0) is 31.2 Å². The van der Waals surface area contributed by atoms with E-state index in [-0.39, 0.29) is 11.1 Å². The zero-order chi connectivity index (χ0) is 15.1. The minimum Gasteiger partial charge on any atom is -0.478 e. The van der Waals surface area contributed by atoms with E-state index >= 15 is 0 Å². The summed E-state index contributed by atoms with van der Waals surface area (Å²) < 4.78 is 0. The third-order valence-corrected chi connectivity index (χ3v) is 2.19. The van der Waals surface area contributed by atoms with Gasteiger partial charge in [0.05, 0.1) is 5.56 Å². The topological polar surface area (TPSA) is 120 Å². The number of carboxylic acid groups (broad SMARTS) is 2. The Hall–Kier alpha value is -2.96. The highest BCUT2D eigenvalue weighted by atomic mass is 16.4. The summed E-state index contributed by atoms with van der Waals surface area (Å²) in [5.41, 5.74) is 0.0885. The maximum atomic E-state index is 10.8. The maximum absolute atomic E-state index is 10.8. The zero-order valence-electron chi connectivity index (χ0n) is 10.5. The summed E-state index contributed by atoms with van der Waals surface area (Å²) in [7, 11) is 0. The number of pyridine rings is 2. The molecule has 2 aromatic heterocycles. The van der Waals surface area contributed by atoms with E-state index in [0.29, 0.717) is 5.69 Å². The summed E-state index contributed by atoms with van der Waals surface area (Å²) in [6.45, 7) is 1.69. The number of hydrogen-bond donors (Lipinski definition) is 3. The van der Waals surface area contributed by atoms with Gasteiger partial charge >= 0.3 is 11.9 Å². The van der Waals surface area contributed by atoms with Gasteiger partial charge in [0.1, 0.15) is 5.56 Å². The van der Waals surface area contributed by atoms with Crippen molar-refractivity contribution in [2.75, 3.05) is 0 Å². The SMILES string of the molecule is Cc1ccc(C(=O)O)c(=O)[nH]1.O=C(O)c1cccnc1. The van der Waals surface area contributed by atoms with Crippen LogP contribution in [0, 0.1) is 6.92 Å². The highest BCUT2D eigenvalue weighted by molar-refractivity contribution is 5.87. The Labute approximate surface area is 113 Å². The summed E-state index contributed by atoms with van der Waals surface area (Å²) in [5, 5.41) is 16.8. The normalized spacial score (nSPS) is 9.25. The molecule has 0 saturated carbocycles. The van der Waals surface area contributed by atoms with Crippen LogP contribution in [0.3, 0.4) is 0 Å². The van der Waals surface area contributed by atoms with Crippen LogP contribution in [0.15, 0.2) is 41.5 Å². The van der Waals surface area contributed by atoms with Crippen molar-refractivity contribution in [1.82, 2.24) is 9.97 Å². The lowest BCUT2D eigenvalue weighted by Gasteiger charge is -1.93. The average Bonchev–Trinajstić information content (AvgIpc) is 2.40. The molecule has 7 nitrogen and oxygen atoms in total. The second-order valence-electron chi connectivity index (χ2n) is 3.74. The summed E-state index contributed by atoms with van der Waals surface area (Å²) in [5.74, 6) is -2.14. The molecule has 0 fully saturated rings. The van der Waals surface area contributed by atoms with Crippen molar-refractivity contribution in [3.63, 3.8) is 0 Å². The Balaban J connectivity index is 0.000000204. The molecule has 2 rings (SSSR count). The van der Waals surface area contributed by atoms with Crippen LogP contribution in [-0.4, -0.2) is 32.1 Å². The number of carbonyl (C=O) groups is 2. The lowest BCUT2D eigenvalue weighted by Crippen LogP contribution is -2.17. The number of rotatable bonds is 2. The molecule has 0 unspecified atom stereocenters. The van der Waals surface area contributed by atoms with Gasteiger partial charge in [-0.15, -0.1) is 0 Å². The van der Waals surface area contributed by atoms with Crippen LogP contribution in [0.2, 0.25) is 0 Å². The fraction of sp³-hybridized carbons (Fsp3) is 0.0769. The van der Waals surface area contributed by atoms with E-state index < -0.39 is 17.5 Å². The van der Waals surface area contributed by atoms with Gasteiger partial charge in [0, 0.05) is 18.1 Å². The van der Waals surface area contributed by atoms with Gasteiger partial charge < -0.3 is 15.2 Å². The van der Waals surface area contributed by atoms with Crippen LogP contribution >= 0.6 is 0 Å². The molecule has 0 radical (unpaired) electrons. The Bertz CT molecular complexity index is 664. The minimum absolute atomic E-state index is 0.220. The van der Waals surface area contributed by atoms with Crippen LogP contribution in [0.5, 0.6) is 0 Å². The molecule has 0 spiro atoms. The first kappa shape index (κ1) is 15.1. The number of nitrogens with one attached hydrogen (secondary N) is 1. The Morgan fingerprint density at radius 3 is 2.25 bits per heavy atom. The lowest BCUT2D eigenvalue weighted by atomic mass is 10.2. The van der Waals surface area contributed by atoms with E-state index in [2.05, 4.69) is 9.97 Å². The predicted molar refractivity (Wildman–Crippen MR) is 70.0 cm³/mol. The van der Waals surface area contributed by atoms with Crippen molar-refractivity contribution in [3.05, 3.63) is 63.8 Å². The average molecular weight is 276 g/mol. The third kappa shape index (κ3) is 4.37. The molecule has 0 atom stereocenters. The molecular weight excluding hydrogens is 264 g/mol. The van der Waals surface area contributed by atoms with E-state index in [1.54, 1.807) is 19.1 Å². The third-order valence-electron chi connectivity index (χ3n) is 2.19. The van der Waals surface area contributed by atoms with Crippen molar-refractivity contribution in [2.24, 2.45) is 0 Å². The highest BCUT2D eigenvalue weighted by Gasteiger charge is 2.06. The molecule has 104 valence electrons. The fourth-order valence-electron chi connectivity index (χ4n) is 1.23. The van der Waals surface area contributed by atoms with Crippen LogP contribution in [0.1, 0.15) is 26.4 Å². The van der Waals surface area contributed by atoms with E-state index in [0.717, 1.165) is 0 Å². The number of aromatic amines is 1. The molecule has 0 aliphatic heterocycles. The van der Waals surface area contributed by atoms with Crippen molar-refractivity contribution in [1.29, 1.82) is 0 Å². The quantitative estimate of drug-likeness (QED) is 0.757. The molecule has 0 aliphatic carbocycles. The Morgan fingerprint density at radius 1 is 1.15 bits per heavy atom. The van der Waals surface area contributed by atoms with Gasteiger partial charge in [0.15, 0.2) is 0 Å². The van der Waals surface area contributed by atoms with E-state index in [4.69, 9.17) is 10.2 Å². The van der Waals surface area contributed by atoms with Crippen molar-refractivity contribution in [3.8, 4) is 0 Å². The largest absolute Gasteiger partial charge is 0.478 e. The van der Waals surface area contributed by atoms with Gasteiger partial charge in [0.2, 0.25) is 0 Å². The number of hydrogen-bond acceptors (Lipinski definition) is 4. The Morgan fingerprint density at radius 2 is 1.85 bits per heavy atom. The molecule has 0 amide bonds. The van der Waals surface area contributed by atoms with Crippen LogP contribution in [0.25, 0.3) is 0 Å². The summed E-state index contributed by atoms with van der Waals surface area (Å²) in [6, 6.07) is 5.92. The first-order valence-electron chi connectivity index (χ1n) is 5.48. The lowest BCUT2D eigenvalue weighted by molar-refractivity contribution is 0.0684. The molecule has 3 N–H and O–H groups in total. The summed E-state index contributed by atoms with van der Waals surface area (Å²) in [6.07, 6.45) is 2.84. The molecular formula is C13H12N2O5. The molecule has 7 heteroatoms. The van der Waals surface area contributed by atoms with Gasteiger partial charge in [-0.1, -0.05) is 0 Å². The van der Waals surface area contributed by atoms with Crippen LogP contribution in [0.4, 0.5) is 0 Å². The molecule has 0 bridgehead atoms. The molecule has 20 heavy (non-hydrogen) atoms. The number of aryl methyl sites for hydroxylation is 1. The van der Waals surface area contributed by atoms with E-state index in [9.17, 15) is 14.4 Å². The monoisotopic (exact) mass is 276 g/mol. The van der Waals surface area contributed by atoms with E-state index in [1.165, 1.54) is 24.5 Å². The first-order valence-corrected chi connectivity index (χ1v) is 5.48. The minimum atomic E-state index is -1.20. The number of carboxylic acids is 2. The van der Waals surface area contributed by atoms with Crippen molar-refractivity contribution in [2.45, 2.75) is 6.92 Å².